The summed E-state index contributed by atoms with van der Waals surface area (Å²) in [7, 11) is -1.49. The lowest BCUT2D eigenvalue weighted by atomic mass is 10.1. The molecule has 2 saturated heterocycles. The summed E-state index contributed by atoms with van der Waals surface area (Å²) in [6, 6.07) is 4.46. The third-order valence-electron chi connectivity index (χ3n) is 4.90. The second-order valence-corrected chi connectivity index (χ2v) is 8.89. The van der Waals surface area contributed by atoms with Crippen LogP contribution in [0, 0.1) is 11.7 Å². The number of rotatable bonds is 4. The highest BCUT2D eigenvalue weighted by Gasteiger charge is 2.36. The summed E-state index contributed by atoms with van der Waals surface area (Å²) >= 11 is 0. The molecule has 6 nitrogen and oxygen atoms in total. The van der Waals surface area contributed by atoms with Crippen LogP contribution >= 0.6 is 0 Å². The Hall–Kier alpha value is -1.67. The monoisotopic (exact) mass is 370 g/mol. The van der Waals surface area contributed by atoms with Crippen LogP contribution in [0.1, 0.15) is 12.0 Å². The van der Waals surface area contributed by atoms with Crippen LogP contribution in [-0.4, -0.2) is 68.9 Å². The minimum absolute atomic E-state index is 0.0213. The SMILES string of the molecule is COc1ccc(F)cc1CN1CCN(C(=O)[C@H]2CCS(=O)(=O)C2)CC1. The molecule has 3 rings (SSSR count). The molecule has 8 heteroatoms. The van der Waals surface area contributed by atoms with Crippen LogP contribution in [0.2, 0.25) is 0 Å². The van der Waals surface area contributed by atoms with Crippen LogP contribution in [0.3, 0.4) is 0 Å². The van der Waals surface area contributed by atoms with E-state index in [-0.39, 0.29) is 29.1 Å². The maximum atomic E-state index is 13.5. The van der Waals surface area contributed by atoms with E-state index in [0.717, 1.165) is 5.56 Å². The third-order valence-corrected chi connectivity index (χ3v) is 6.67. The zero-order valence-electron chi connectivity index (χ0n) is 14.3. The number of methoxy groups -OCH3 is 1. The van der Waals surface area contributed by atoms with Crippen molar-refractivity contribution in [2.75, 3.05) is 44.8 Å². The maximum absolute atomic E-state index is 13.5. The van der Waals surface area contributed by atoms with Crippen LogP contribution in [0.15, 0.2) is 18.2 Å². The lowest BCUT2D eigenvalue weighted by molar-refractivity contribution is -0.136. The average Bonchev–Trinajstić information content (AvgIpc) is 2.95. The van der Waals surface area contributed by atoms with Gasteiger partial charge in [0.1, 0.15) is 11.6 Å². The molecule has 2 fully saturated rings. The molecular formula is C17H23FN2O4S. The van der Waals surface area contributed by atoms with Gasteiger partial charge in [0.05, 0.1) is 24.5 Å². The van der Waals surface area contributed by atoms with Gasteiger partial charge in [-0.15, -0.1) is 0 Å². The largest absolute Gasteiger partial charge is 0.496 e. The average molecular weight is 370 g/mol. The molecule has 0 N–H and O–H groups in total. The van der Waals surface area contributed by atoms with Crippen LogP contribution in [-0.2, 0) is 21.2 Å². The van der Waals surface area contributed by atoms with E-state index in [9.17, 15) is 17.6 Å². The second-order valence-electron chi connectivity index (χ2n) is 6.66. The Morgan fingerprint density at radius 1 is 1.28 bits per heavy atom. The van der Waals surface area contributed by atoms with Gasteiger partial charge in [-0.1, -0.05) is 0 Å². The van der Waals surface area contributed by atoms with Crippen molar-refractivity contribution >= 4 is 15.7 Å². The molecule has 2 heterocycles. The smallest absolute Gasteiger partial charge is 0.226 e. The van der Waals surface area contributed by atoms with Gasteiger partial charge in [0.2, 0.25) is 5.91 Å². The highest BCUT2D eigenvalue weighted by atomic mass is 32.2. The minimum atomic E-state index is -3.05. The fourth-order valence-corrected chi connectivity index (χ4v) is 5.22. The maximum Gasteiger partial charge on any atom is 0.226 e. The molecule has 1 aromatic carbocycles. The number of carbonyl (C=O) groups excluding carboxylic acids is 1. The van der Waals surface area contributed by atoms with E-state index >= 15 is 0 Å². The van der Waals surface area contributed by atoms with E-state index in [1.807, 2.05) is 0 Å². The van der Waals surface area contributed by atoms with Gasteiger partial charge in [-0.2, -0.15) is 0 Å². The number of nitrogens with zero attached hydrogens (tertiary/aromatic N) is 2. The van der Waals surface area contributed by atoms with E-state index in [1.54, 1.807) is 18.1 Å². The van der Waals surface area contributed by atoms with E-state index in [1.165, 1.54) is 12.1 Å². The fraction of sp³-hybridized carbons (Fsp3) is 0.588. The Bertz CT molecular complexity index is 745. The summed E-state index contributed by atoms with van der Waals surface area (Å²) in [4.78, 5) is 16.4. The molecule has 2 aliphatic rings. The topological polar surface area (TPSA) is 66.9 Å². The first-order valence-electron chi connectivity index (χ1n) is 8.42. The normalized spacial score (nSPS) is 23.6. The molecule has 2 aliphatic heterocycles. The van der Waals surface area contributed by atoms with Gasteiger partial charge in [0.15, 0.2) is 9.84 Å². The zero-order valence-corrected chi connectivity index (χ0v) is 15.1. The molecule has 0 spiro atoms. The molecule has 0 bridgehead atoms. The Labute approximate surface area is 147 Å². The van der Waals surface area contributed by atoms with Crippen LogP contribution in [0.4, 0.5) is 4.39 Å². The lowest BCUT2D eigenvalue weighted by Gasteiger charge is -2.36. The van der Waals surface area contributed by atoms with Gasteiger partial charge in [0, 0.05) is 38.3 Å². The van der Waals surface area contributed by atoms with Gasteiger partial charge >= 0.3 is 0 Å². The molecule has 138 valence electrons. The molecule has 1 amide bonds. The van der Waals surface area contributed by atoms with E-state index in [0.29, 0.717) is 44.9 Å². The van der Waals surface area contributed by atoms with Crippen molar-refractivity contribution in [2.45, 2.75) is 13.0 Å². The first-order valence-corrected chi connectivity index (χ1v) is 10.2. The van der Waals surface area contributed by atoms with Crippen molar-refractivity contribution in [1.29, 1.82) is 0 Å². The molecule has 1 aromatic rings. The standard InChI is InChI=1S/C17H23FN2O4S/c1-24-16-3-2-15(18)10-14(16)11-19-5-7-20(8-6-19)17(21)13-4-9-25(22,23)12-13/h2-3,10,13H,4-9,11-12H2,1H3/t13-/m0/s1. The van der Waals surface area contributed by atoms with E-state index in [2.05, 4.69) is 4.90 Å². The van der Waals surface area contributed by atoms with Gasteiger partial charge < -0.3 is 9.64 Å². The van der Waals surface area contributed by atoms with Gasteiger partial charge in [-0.3, -0.25) is 9.69 Å². The highest BCUT2D eigenvalue weighted by molar-refractivity contribution is 7.91. The van der Waals surface area contributed by atoms with Crippen molar-refractivity contribution in [3.63, 3.8) is 0 Å². The van der Waals surface area contributed by atoms with Gasteiger partial charge in [-0.05, 0) is 24.6 Å². The van der Waals surface area contributed by atoms with Gasteiger partial charge in [0.25, 0.3) is 0 Å². The van der Waals surface area contributed by atoms with E-state index < -0.39 is 9.84 Å². The van der Waals surface area contributed by atoms with Crippen molar-refractivity contribution in [1.82, 2.24) is 9.80 Å². The third kappa shape index (κ3) is 4.30. The molecular weight excluding hydrogens is 347 g/mol. The number of halogens is 1. The number of benzene rings is 1. The summed E-state index contributed by atoms with van der Waals surface area (Å²) in [5.74, 6) is 0.00184. The first-order chi connectivity index (χ1) is 11.9. The predicted molar refractivity (Wildman–Crippen MR) is 91.6 cm³/mol. The fourth-order valence-electron chi connectivity index (χ4n) is 3.49. The Morgan fingerprint density at radius 2 is 2.00 bits per heavy atom. The quantitative estimate of drug-likeness (QED) is 0.788. The molecule has 0 unspecified atom stereocenters. The number of piperazine rings is 1. The van der Waals surface area contributed by atoms with Crippen molar-refractivity contribution < 1.29 is 22.3 Å². The number of ether oxygens (including phenoxy) is 1. The lowest BCUT2D eigenvalue weighted by Crippen LogP contribution is -2.50. The highest BCUT2D eigenvalue weighted by Crippen LogP contribution is 2.24. The molecule has 0 aliphatic carbocycles. The van der Waals surface area contributed by atoms with Crippen molar-refractivity contribution in [3.05, 3.63) is 29.6 Å². The second kappa shape index (κ2) is 7.29. The van der Waals surface area contributed by atoms with Crippen LogP contribution in [0.25, 0.3) is 0 Å². The number of amides is 1. The molecule has 1 atom stereocenters. The Balaban J connectivity index is 1.56. The summed E-state index contributed by atoms with van der Waals surface area (Å²) in [5.41, 5.74) is 0.782. The molecule has 0 aromatic heterocycles. The first kappa shape index (κ1) is 18.1. The number of hydrogen-bond acceptors (Lipinski definition) is 5. The molecule has 25 heavy (non-hydrogen) atoms. The predicted octanol–water partition coefficient (Wildman–Crippen LogP) is 0.913. The van der Waals surface area contributed by atoms with Gasteiger partial charge in [-0.25, -0.2) is 12.8 Å². The zero-order chi connectivity index (χ0) is 18.0. The van der Waals surface area contributed by atoms with Crippen molar-refractivity contribution in [2.24, 2.45) is 5.92 Å². The van der Waals surface area contributed by atoms with Crippen LogP contribution < -0.4 is 4.74 Å². The molecule has 0 radical (unpaired) electrons. The van der Waals surface area contributed by atoms with E-state index in [4.69, 9.17) is 4.74 Å². The van der Waals surface area contributed by atoms with Crippen molar-refractivity contribution in [3.8, 4) is 5.75 Å². The Morgan fingerprint density at radius 3 is 2.60 bits per heavy atom. The Kier molecular flexibility index (Phi) is 5.29. The minimum Gasteiger partial charge on any atom is -0.496 e. The summed E-state index contributed by atoms with van der Waals surface area (Å²) in [6.07, 6.45) is 0.432. The number of sulfone groups is 1. The summed E-state index contributed by atoms with van der Waals surface area (Å²) < 4.78 is 41.8. The number of carbonyl (C=O) groups is 1. The molecule has 0 saturated carbocycles. The number of hydrogen-bond donors (Lipinski definition) is 0. The summed E-state index contributed by atoms with van der Waals surface area (Å²) in [5, 5.41) is 0. The van der Waals surface area contributed by atoms with Crippen LogP contribution in [0.5, 0.6) is 5.75 Å². The summed E-state index contributed by atoms with van der Waals surface area (Å²) in [6.45, 7) is 3.02.